The quantitative estimate of drug-likeness (QED) is 0.419. The lowest BCUT2D eigenvalue weighted by Crippen LogP contribution is -2.16. The van der Waals surface area contributed by atoms with E-state index in [-0.39, 0.29) is 17.4 Å². The molecule has 1 aliphatic carbocycles. The van der Waals surface area contributed by atoms with E-state index in [0.717, 1.165) is 37.1 Å². The summed E-state index contributed by atoms with van der Waals surface area (Å²) in [7, 11) is 0. The van der Waals surface area contributed by atoms with Gasteiger partial charge in [0.25, 0.3) is 5.91 Å². The predicted octanol–water partition coefficient (Wildman–Crippen LogP) is 5.16. The number of hydrogen-bond acceptors (Lipinski definition) is 4. The van der Waals surface area contributed by atoms with E-state index in [9.17, 15) is 13.6 Å². The van der Waals surface area contributed by atoms with Crippen LogP contribution in [0.4, 0.5) is 14.6 Å². The fraction of sp³-hybridized carbons (Fsp3) is 0.308. The van der Waals surface area contributed by atoms with E-state index in [4.69, 9.17) is 0 Å². The Morgan fingerprint density at radius 3 is 2.86 bits per heavy atom. The van der Waals surface area contributed by atoms with E-state index in [1.807, 2.05) is 15.3 Å². The Morgan fingerprint density at radius 2 is 2.06 bits per heavy atom. The molecule has 1 aromatic carbocycles. The zero-order valence-corrected chi connectivity index (χ0v) is 19.2. The molecule has 0 bridgehead atoms. The van der Waals surface area contributed by atoms with E-state index in [2.05, 4.69) is 20.3 Å². The third-order valence-electron chi connectivity index (χ3n) is 6.78. The normalized spacial score (nSPS) is 16.9. The van der Waals surface area contributed by atoms with E-state index in [0.29, 0.717) is 28.7 Å². The average Bonchev–Trinajstić information content (AvgIpc) is 3.25. The Hall–Kier alpha value is -3.88. The summed E-state index contributed by atoms with van der Waals surface area (Å²) in [5, 5.41) is 2.70. The molecule has 9 heteroatoms. The summed E-state index contributed by atoms with van der Waals surface area (Å²) in [6.45, 7) is 1.33. The summed E-state index contributed by atoms with van der Waals surface area (Å²) in [5.74, 6) is 0.103. The van der Waals surface area contributed by atoms with Gasteiger partial charge in [0, 0.05) is 24.0 Å². The number of alkyl halides is 1. The van der Waals surface area contributed by atoms with Crippen molar-refractivity contribution in [3.8, 4) is 17.2 Å². The first-order valence-corrected chi connectivity index (χ1v) is 11.8. The smallest absolute Gasteiger partial charge is 0.259 e. The van der Waals surface area contributed by atoms with Crippen LogP contribution < -0.4 is 5.32 Å². The molecule has 7 nitrogen and oxygen atoms in total. The SMILES string of the molecule is Cc1cc(F)c(C(=O)Nc2cccc(-c3ncc4n3[C@H](CF)CC4)n2)cc1-n1cnc(C2CC2)c1. The number of nitrogens with zero attached hydrogens (tertiary/aromatic N) is 5. The zero-order chi connectivity index (χ0) is 24.1. The maximum atomic E-state index is 14.8. The topological polar surface area (TPSA) is 77.6 Å². The van der Waals surface area contributed by atoms with Crippen LogP contribution in [0.15, 0.2) is 49.1 Å². The maximum Gasteiger partial charge on any atom is 0.259 e. The number of halogens is 2. The van der Waals surface area contributed by atoms with Crippen molar-refractivity contribution in [2.75, 3.05) is 12.0 Å². The predicted molar refractivity (Wildman–Crippen MR) is 127 cm³/mol. The lowest BCUT2D eigenvalue weighted by atomic mass is 10.1. The molecule has 0 saturated heterocycles. The molecule has 1 atom stereocenters. The highest BCUT2D eigenvalue weighted by Gasteiger charge is 2.27. The minimum atomic E-state index is -0.612. The van der Waals surface area contributed by atoms with Gasteiger partial charge in [0.2, 0.25) is 0 Å². The first kappa shape index (κ1) is 21.6. The molecule has 1 amide bonds. The van der Waals surface area contributed by atoms with Crippen LogP contribution >= 0.6 is 0 Å². The number of benzene rings is 1. The second kappa shape index (κ2) is 8.41. The van der Waals surface area contributed by atoms with Crippen LogP contribution in [0.5, 0.6) is 0 Å². The van der Waals surface area contributed by atoms with Gasteiger partial charge >= 0.3 is 0 Å². The highest BCUT2D eigenvalue weighted by Crippen LogP contribution is 2.39. The van der Waals surface area contributed by atoms with Gasteiger partial charge in [0.1, 0.15) is 24.0 Å². The van der Waals surface area contributed by atoms with E-state index in [1.54, 1.807) is 37.6 Å². The third kappa shape index (κ3) is 3.90. The molecular weight excluding hydrogens is 450 g/mol. The van der Waals surface area contributed by atoms with Crippen LogP contribution in [-0.4, -0.2) is 36.7 Å². The Bertz CT molecular complexity index is 1440. The summed E-state index contributed by atoms with van der Waals surface area (Å²) in [5.41, 5.74) is 3.82. The number of amides is 1. The number of aryl methyl sites for hydroxylation is 2. The summed E-state index contributed by atoms with van der Waals surface area (Å²) in [6.07, 6.45) is 9.15. The van der Waals surface area contributed by atoms with Crippen molar-refractivity contribution in [2.45, 2.75) is 44.6 Å². The fourth-order valence-corrected chi connectivity index (χ4v) is 4.75. The zero-order valence-electron chi connectivity index (χ0n) is 19.2. The van der Waals surface area contributed by atoms with Crippen LogP contribution in [0.1, 0.15) is 58.5 Å². The number of anilines is 1. The Labute approximate surface area is 200 Å². The number of imidazole rings is 2. The molecule has 35 heavy (non-hydrogen) atoms. The van der Waals surface area contributed by atoms with Crippen molar-refractivity contribution < 1.29 is 13.6 Å². The van der Waals surface area contributed by atoms with Gasteiger partial charge in [-0.05, 0) is 62.4 Å². The fourth-order valence-electron chi connectivity index (χ4n) is 4.75. The van der Waals surface area contributed by atoms with Crippen molar-refractivity contribution in [2.24, 2.45) is 0 Å². The summed E-state index contributed by atoms with van der Waals surface area (Å²) >= 11 is 0. The number of hydrogen-bond donors (Lipinski definition) is 1. The summed E-state index contributed by atoms with van der Waals surface area (Å²) < 4.78 is 32.0. The van der Waals surface area contributed by atoms with Gasteiger partial charge in [-0.2, -0.15) is 0 Å². The molecule has 1 fully saturated rings. The number of carbonyl (C=O) groups excluding carboxylic acids is 1. The maximum absolute atomic E-state index is 14.8. The highest BCUT2D eigenvalue weighted by atomic mass is 19.1. The van der Waals surface area contributed by atoms with Gasteiger partial charge in [-0.3, -0.25) is 4.79 Å². The third-order valence-corrected chi connectivity index (χ3v) is 6.78. The second-order valence-electron chi connectivity index (χ2n) is 9.25. The standard InChI is InChI=1S/C26H24F2N6O/c1-15-9-20(28)19(10-23(15)33-13-22(30-14-33)16-5-6-16)26(35)32-24-4-2-3-21(31-24)25-29-12-18-8-7-17(11-27)34(18)25/h2-4,9-10,12-14,16-17H,5-8,11H2,1H3,(H,31,32,35)/t17-/m0/s1. The van der Waals surface area contributed by atoms with Crippen molar-refractivity contribution in [3.63, 3.8) is 0 Å². The van der Waals surface area contributed by atoms with Gasteiger partial charge in [-0.15, -0.1) is 0 Å². The van der Waals surface area contributed by atoms with Crippen molar-refractivity contribution >= 4 is 11.7 Å². The van der Waals surface area contributed by atoms with Crippen LogP contribution in [0, 0.1) is 12.7 Å². The number of aromatic nitrogens is 5. The molecule has 178 valence electrons. The molecule has 4 aromatic rings. The van der Waals surface area contributed by atoms with Crippen LogP contribution in [0.2, 0.25) is 0 Å². The molecule has 2 aliphatic rings. The van der Waals surface area contributed by atoms with E-state index >= 15 is 0 Å². The second-order valence-corrected chi connectivity index (χ2v) is 9.25. The molecule has 1 saturated carbocycles. The van der Waals surface area contributed by atoms with E-state index < -0.39 is 18.4 Å². The van der Waals surface area contributed by atoms with Crippen molar-refractivity contribution in [3.05, 3.63) is 77.4 Å². The first-order valence-electron chi connectivity index (χ1n) is 11.8. The Kier molecular flexibility index (Phi) is 5.20. The molecular formula is C26H24F2N6O. The van der Waals surface area contributed by atoms with Crippen molar-refractivity contribution in [1.29, 1.82) is 0 Å². The van der Waals surface area contributed by atoms with Crippen LogP contribution in [0.25, 0.3) is 17.2 Å². The molecule has 6 rings (SSSR count). The van der Waals surface area contributed by atoms with E-state index in [1.165, 1.54) is 12.1 Å². The number of fused-ring (bicyclic) bond motifs is 1. The largest absolute Gasteiger partial charge is 0.321 e. The minimum absolute atomic E-state index is 0.0846. The van der Waals surface area contributed by atoms with Gasteiger partial charge in [-0.1, -0.05) is 6.07 Å². The lowest BCUT2D eigenvalue weighted by Gasteiger charge is -2.13. The van der Waals surface area contributed by atoms with Gasteiger partial charge in [-0.25, -0.2) is 23.7 Å². The monoisotopic (exact) mass is 474 g/mol. The lowest BCUT2D eigenvalue weighted by molar-refractivity contribution is 0.102. The van der Waals surface area contributed by atoms with Gasteiger partial charge in [0.05, 0.1) is 29.3 Å². The number of rotatable bonds is 6. The van der Waals surface area contributed by atoms with Crippen molar-refractivity contribution in [1.82, 2.24) is 24.1 Å². The molecule has 4 heterocycles. The molecule has 1 N–H and O–H groups in total. The Balaban J connectivity index is 1.28. The van der Waals surface area contributed by atoms with Gasteiger partial charge < -0.3 is 14.5 Å². The number of pyridine rings is 1. The van der Waals surface area contributed by atoms with Crippen LogP contribution in [0.3, 0.4) is 0 Å². The number of carbonyl (C=O) groups is 1. The van der Waals surface area contributed by atoms with Gasteiger partial charge in [0.15, 0.2) is 5.82 Å². The highest BCUT2D eigenvalue weighted by molar-refractivity contribution is 6.04. The number of nitrogens with one attached hydrogen (secondary N) is 1. The molecule has 0 spiro atoms. The average molecular weight is 475 g/mol. The first-order chi connectivity index (χ1) is 17.0. The summed E-state index contributed by atoms with van der Waals surface area (Å²) in [4.78, 5) is 26.4. The molecule has 1 aliphatic heterocycles. The minimum Gasteiger partial charge on any atom is -0.321 e. The molecule has 0 radical (unpaired) electrons. The van der Waals surface area contributed by atoms with Crippen LogP contribution in [-0.2, 0) is 6.42 Å². The molecule has 0 unspecified atom stereocenters. The Morgan fingerprint density at radius 1 is 1.20 bits per heavy atom. The molecule has 3 aromatic heterocycles. The summed E-state index contributed by atoms with van der Waals surface area (Å²) in [6, 6.07) is 7.77.